The number of nitrogens with two attached hydrogens (primary N) is 1. The molecule has 110 valence electrons. The number of carboxylic acid groups (broad SMARTS) is 2. The van der Waals surface area contributed by atoms with Crippen molar-refractivity contribution in [3.8, 4) is 0 Å². The number of carboxylic acids is 2. The van der Waals surface area contributed by atoms with Crippen LogP contribution < -0.4 is 5.73 Å². The number of aliphatic carboxylic acids is 2. The van der Waals surface area contributed by atoms with Crippen LogP contribution in [0.2, 0.25) is 47.7 Å². The van der Waals surface area contributed by atoms with Gasteiger partial charge in [-0.1, -0.05) is 0 Å². The molecule has 20 heavy (non-hydrogen) atoms. The van der Waals surface area contributed by atoms with Crippen molar-refractivity contribution in [3.05, 3.63) is 0 Å². The van der Waals surface area contributed by atoms with Gasteiger partial charge < -0.3 is 10.2 Å². The molecule has 10 aliphatic rings. The third-order valence-electron chi connectivity index (χ3n) is 15.7. The maximum Gasteiger partial charge on any atom is 0.414 e. The molecule has 0 radical (unpaired) electrons. The average molecular weight is 319 g/mol. The average Bonchev–Trinajstić information content (AvgIpc) is 3.32. The topological polar surface area (TPSA) is 101 Å². The smallest absolute Gasteiger partial charge is 0.414 e. The zero-order chi connectivity index (χ0) is 13.7. The maximum atomic E-state index is 9.10. The van der Waals surface area contributed by atoms with Crippen LogP contribution in [0.1, 0.15) is 6.92 Å². The van der Waals surface area contributed by atoms with Crippen molar-refractivity contribution in [3.63, 3.8) is 0 Å². The van der Waals surface area contributed by atoms with Crippen molar-refractivity contribution < 1.29 is 26.3 Å². The minimum atomic E-state index is -2.71. The second-order valence-electron chi connectivity index (χ2n) is 11.1. The molecule has 4 N–H and O–H groups in total. The first-order valence-corrected chi connectivity index (χ1v) is 13.9. The Balaban J connectivity index is 0.000000117. The van der Waals surface area contributed by atoms with E-state index in [0.717, 1.165) is 4.31 Å². The minimum Gasteiger partial charge on any atom is -0.473 e. The molecule has 10 rings (SSSR count). The van der Waals surface area contributed by atoms with Gasteiger partial charge in [0, 0.05) is 0 Å². The van der Waals surface area contributed by atoms with Crippen LogP contribution in [0.3, 0.4) is 0 Å². The summed E-state index contributed by atoms with van der Waals surface area (Å²) in [6.45, 7) is -0.311. The molecule has 5 nitrogen and oxygen atoms in total. The fourth-order valence-corrected chi connectivity index (χ4v) is 93.4. The molecule has 10 heterocycles. The Morgan fingerprint density at radius 1 is 0.950 bits per heavy atom. The molecule has 10 aliphatic heterocycles. The van der Waals surface area contributed by atoms with Crippen LogP contribution in [0.4, 0.5) is 0 Å². The molecule has 0 amide bonds. The number of hydrogen-bond acceptors (Lipinski definition) is 3. The molecular formula is C14H17FeNO4. The summed E-state index contributed by atoms with van der Waals surface area (Å²) in [6, 6.07) is 0.636. The van der Waals surface area contributed by atoms with E-state index in [0.29, 0.717) is 6.04 Å². The molecule has 0 aromatic carbocycles. The normalized spacial score (nSPS) is 103. The van der Waals surface area contributed by atoms with Gasteiger partial charge in [-0.15, -0.1) is 0 Å². The van der Waals surface area contributed by atoms with Crippen LogP contribution in [0, 0.1) is 0 Å². The molecule has 10 fully saturated rings. The summed E-state index contributed by atoms with van der Waals surface area (Å²) in [5, 5.41) is 14.8. The van der Waals surface area contributed by atoms with Crippen LogP contribution in [-0.4, -0.2) is 28.2 Å². The Bertz CT molecular complexity index is 984. The van der Waals surface area contributed by atoms with Crippen LogP contribution >= 0.6 is 0 Å². The van der Waals surface area contributed by atoms with Crippen molar-refractivity contribution in [2.24, 2.45) is 5.73 Å². The van der Waals surface area contributed by atoms with E-state index in [1.807, 2.05) is 0 Å². The van der Waals surface area contributed by atoms with Gasteiger partial charge in [0.05, 0.1) is 0 Å². The first-order chi connectivity index (χ1) is 9.13. The minimum absolute atomic E-state index is 0.636. The maximum absolute atomic E-state index is 9.10. The van der Waals surface area contributed by atoms with Gasteiger partial charge in [-0.25, -0.2) is 9.59 Å². The summed E-state index contributed by atoms with van der Waals surface area (Å²) in [7, 11) is 0. The van der Waals surface area contributed by atoms with E-state index >= 15 is 0 Å². The van der Waals surface area contributed by atoms with Crippen LogP contribution in [0.5, 0.6) is 0 Å². The molecule has 0 aliphatic carbocycles. The number of carbonyl (C=O) groups is 2. The van der Waals surface area contributed by atoms with Gasteiger partial charge in [0.15, 0.2) is 0 Å². The van der Waals surface area contributed by atoms with Crippen molar-refractivity contribution in [2.75, 3.05) is 0 Å². The van der Waals surface area contributed by atoms with E-state index in [9.17, 15) is 0 Å². The predicted octanol–water partition coefficient (Wildman–Crippen LogP) is 2.25. The van der Waals surface area contributed by atoms with Crippen LogP contribution in [-0.2, 0) is 16.1 Å². The Morgan fingerprint density at radius 2 is 1.30 bits per heavy atom. The van der Waals surface area contributed by atoms with Crippen molar-refractivity contribution >= 4 is 11.9 Å². The Labute approximate surface area is 105 Å². The molecule has 6 heteroatoms. The van der Waals surface area contributed by atoms with Crippen molar-refractivity contribution in [1.29, 1.82) is 0 Å². The molecule has 0 bridgehead atoms. The first-order valence-electron chi connectivity index (χ1n) is 7.56. The van der Waals surface area contributed by atoms with Gasteiger partial charge in [0.1, 0.15) is 0 Å². The van der Waals surface area contributed by atoms with Gasteiger partial charge in [0.25, 0.3) is 0 Å². The molecular weight excluding hydrogens is 302 g/mol. The summed E-state index contributed by atoms with van der Waals surface area (Å²) in [4.78, 5) is 31.3. The fourth-order valence-electron chi connectivity index (χ4n) is 17.6. The third-order valence-corrected chi connectivity index (χ3v) is 58.5. The van der Waals surface area contributed by atoms with Gasteiger partial charge >= 0.3 is 84.8 Å². The van der Waals surface area contributed by atoms with Gasteiger partial charge in [0.2, 0.25) is 0 Å². The summed E-state index contributed by atoms with van der Waals surface area (Å²) in [6.07, 6.45) is 0. The van der Waals surface area contributed by atoms with Crippen LogP contribution in [0.25, 0.3) is 0 Å². The molecule has 10 saturated heterocycles. The zero-order valence-corrected chi connectivity index (χ0v) is 12.0. The van der Waals surface area contributed by atoms with E-state index in [1.165, 1.54) is 43.3 Å². The van der Waals surface area contributed by atoms with Gasteiger partial charge in [-0.3, -0.25) is 0 Å². The molecule has 1 spiro atoms. The van der Waals surface area contributed by atoms with Crippen molar-refractivity contribution in [1.82, 2.24) is 0 Å². The van der Waals surface area contributed by atoms with E-state index in [2.05, 4.69) is 6.92 Å². The Hall–Kier alpha value is -0.581. The monoisotopic (exact) mass is 319 g/mol. The number of rotatable bonds is 1. The summed E-state index contributed by atoms with van der Waals surface area (Å²) >= 11 is 0. The first kappa shape index (κ1) is 8.76. The van der Waals surface area contributed by atoms with Crippen LogP contribution in [0.15, 0.2) is 0 Å². The quantitative estimate of drug-likeness (QED) is 0.508. The third kappa shape index (κ3) is 0.0949. The van der Waals surface area contributed by atoms with E-state index in [-0.39, 0.29) is 0 Å². The molecule has 0 saturated carbocycles. The van der Waals surface area contributed by atoms with E-state index in [4.69, 9.17) is 25.5 Å². The fraction of sp³-hybridized carbons (Fsp3) is 0.857. The zero-order valence-electron chi connectivity index (χ0n) is 10.9. The molecule has 0 aromatic rings. The second-order valence-corrected chi connectivity index (χ2v) is 34.7. The van der Waals surface area contributed by atoms with Gasteiger partial charge in [-0.2, -0.15) is 0 Å². The van der Waals surface area contributed by atoms with E-state index in [1.54, 1.807) is 0 Å². The second kappa shape index (κ2) is 0.748. The number of hydrogen-bond donors (Lipinski definition) is 3. The predicted molar refractivity (Wildman–Crippen MR) is 65.4 cm³/mol. The summed E-state index contributed by atoms with van der Waals surface area (Å²) in [5.74, 6) is -3.65. The Morgan fingerprint density at radius 3 is 1.35 bits per heavy atom. The Kier molecular flexibility index (Phi) is 0.328. The SMILES string of the molecule is CC(N)[C]12[CH]3[CH]4[CH]5[CH]1[Fe]45321678[CH]2[CH]1[CH]6[CH]7[CH]28.O=C(O)C(=O)O. The van der Waals surface area contributed by atoms with Crippen molar-refractivity contribution in [2.45, 2.75) is 60.6 Å². The largest absolute Gasteiger partial charge is 0.473 e. The molecule has 5 unspecified atom stereocenters. The standard InChI is InChI=1S/C7H10N.C5H5.C2H2O4.Fe/c1-6(8)7-4-2-3-5-7;1-2-4-5-3-1;3-1(4)2(5)6;/h2-6H,8H2,1H3;1-5H;(H,3,4)(H,5,6);. The summed E-state index contributed by atoms with van der Waals surface area (Å²) in [5.41, 5.74) is 6.51. The molecule has 5 atom stereocenters. The molecule has 0 aromatic heterocycles. The summed E-state index contributed by atoms with van der Waals surface area (Å²) < 4.78 is 0.971. The van der Waals surface area contributed by atoms with Gasteiger partial charge in [-0.05, 0) is 0 Å². The van der Waals surface area contributed by atoms with E-state index < -0.39 is 18.4 Å². The number of fused-ring (bicyclic) bond motifs is 10.